The number of carbonyl (C=O) groups excluding carboxylic acids is 4. The van der Waals surface area contributed by atoms with Crippen molar-refractivity contribution in [1.29, 1.82) is 5.26 Å². The number of thiazole rings is 1. The summed E-state index contributed by atoms with van der Waals surface area (Å²) in [6.07, 6.45) is 1.25. The van der Waals surface area contributed by atoms with E-state index in [9.17, 15) is 29.5 Å². The molecule has 4 amide bonds. The van der Waals surface area contributed by atoms with Crippen LogP contribution in [0.15, 0.2) is 66.2 Å². The summed E-state index contributed by atoms with van der Waals surface area (Å²) < 4.78 is 18.3. The third-order valence-electron chi connectivity index (χ3n) is 13.8. The van der Waals surface area contributed by atoms with Gasteiger partial charge in [0.1, 0.15) is 42.4 Å². The molecule has 1 saturated heterocycles. The monoisotopic (exact) mass is 980 g/mol. The number of fused-ring (bicyclic) bond motifs is 1. The Bertz CT molecular complexity index is 2570. The average Bonchev–Trinajstić information content (AvgIpc) is 4.00. The largest absolute Gasteiger partial charge is 0.494 e. The van der Waals surface area contributed by atoms with Gasteiger partial charge in [-0.2, -0.15) is 5.26 Å². The van der Waals surface area contributed by atoms with E-state index in [0.29, 0.717) is 53.8 Å². The number of hydrogen-bond acceptors (Lipinski definition) is 11. The molecule has 0 bridgehead atoms. The molecule has 3 aliphatic rings. The highest BCUT2D eigenvalue weighted by Gasteiger charge is 2.67. The molecule has 0 unspecified atom stereocenters. The predicted octanol–water partition coefficient (Wildman–Crippen LogP) is 8.42. The van der Waals surface area contributed by atoms with E-state index in [-0.39, 0.29) is 60.4 Å². The zero-order valence-corrected chi connectivity index (χ0v) is 42.6. The number of hydrogen-bond donors (Lipinski definition) is 3. The minimum absolute atomic E-state index is 0.0107. The Morgan fingerprint density at radius 2 is 1.68 bits per heavy atom. The van der Waals surface area contributed by atoms with E-state index >= 15 is 0 Å². The van der Waals surface area contributed by atoms with Crippen LogP contribution in [-0.2, 0) is 25.7 Å². The SMILES string of the molecule is Cc1ncsc1-c1ccc([C@H](C)NC(=O)[C@@H]2C[C@@H](O)CN2C(=O)[C@@H](NC(=O)COCCCCCOc2ccc3c(c2)CN([C@H]2C(C)(C)[C@H](Oc4ccc(C#N)c(Cl)c4)C2(C)C)C3=O)C(C)(C)C)cc1. The number of halogens is 1. The Morgan fingerprint density at radius 3 is 2.33 bits per heavy atom. The first-order valence-electron chi connectivity index (χ1n) is 23.7. The van der Waals surface area contributed by atoms with Crippen molar-refractivity contribution in [2.24, 2.45) is 16.2 Å². The highest BCUT2D eigenvalue weighted by molar-refractivity contribution is 7.13. The summed E-state index contributed by atoms with van der Waals surface area (Å²) in [6.45, 7) is 18.9. The Kier molecular flexibility index (Phi) is 15.5. The molecule has 3 N–H and O–H groups in total. The minimum Gasteiger partial charge on any atom is -0.494 e. The lowest BCUT2D eigenvalue weighted by Gasteiger charge is -2.65. The Balaban J connectivity index is 0.826. The van der Waals surface area contributed by atoms with Gasteiger partial charge in [-0.25, -0.2) is 4.98 Å². The molecule has 7 rings (SSSR count). The lowest BCUT2D eigenvalue weighted by molar-refractivity contribution is -0.199. The van der Waals surface area contributed by atoms with E-state index in [1.807, 2.05) is 87.5 Å². The average molecular weight is 982 g/mol. The van der Waals surface area contributed by atoms with Crippen LogP contribution in [0.5, 0.6) is 11.5 Å². The Morgan fingerprint density at radius 1 is 0.986 bits per heavy atom. The molecule has 0 spiro atoms. The van der Waals surface area contributed by atoms with Gasteiger partial charge in [-0.3, -0.25) is 19.2 Å². The first-order valence-corrected chi connectivity index (χ1v) is 25.0. The highest BCUT2D eigenvalue weighted by atomic mass is 35.5. The lowest BCUT2D eigenvalue weighted by atomic mass is 9.49. The summed E-state index contributed by atoms with van der Waals surface area (Å²) in [5.41, 5.74) is 5.26. The molecule has 0 radical (unpaired) electrons. The van der Waals surface area contributed by atoms with E-state index < -0.39 is 35.4 Å². The van der Waals surface area contributed by atoms with E-state index in [1.165, 1.54) is 4.90 Å². The quantitative estimate of drug-likeness (QED) is 0.0819. The number of β-amino-alcohol motifs (C(OH)–C–C–N with tert-alkyl or cyclic N) is 1. The van der Waals surface area contributed by atoms with E-state index in [1.54, 1.807) is 29.5 Å². The van der Waals surface area contributed by atoms with Gasteiger partial charge in [0.2, 0.25) is 17.7 Å². The van der Waals surface area contributed by atoms with E-state index in [0.717, 1.165) is 40.1 Å². The summed E-state index contributed by atoms with van der Waals surface area (Å²) in [5, 5.41) is 26.1. The number of unbranched alkanes of at least 4 members (excludes halogenated alkanes) is 2. The van der Waals surface area contributed by atoms with Gasteiger partial charge in [0.25, 0.3) is 5.91 Å². The number of benzene rings is 3. The first kappa shape index (κ1) is 51.3. The van der Waals surface area contributed by atoms with E-state index in [4.69, 9.17) is 25.8 Å². The molecule has 1 saturated carbocycles. The molecule has 69 heavy (non-hydrogen) atoms. The number of nitriles is 1. The number of carbonyl (C=O) groups is 4. The van der Waals surface area contributed by atoms with Crippen molar-refractivity contribution >= 4 is 46.6 Å². The number of aliphatic hydroxyl groups excluding tert-OH is 1. The summed E-state index contributed by atoms with van der Waals surface area (Å²) in [4.78, 5) is 63.4. The summed E-state index contributed by atoms with van der Waals surface area (Å²) in [5.74, 6) is 0.0182. The van der Waals surface area contributed by atoms with E-state index in [2.05, 4.69) is 49.4 Å². The molecule has 16 heteroatoms. The van der Waals surface area contributed by atoms with Crippen LogP contribution in [0.2, 0.25) is 5.02 Å². The maximum absolute atomic E-state index is 14.1. The smallest absolute Gasteiger partial charge is 0.254 e. The van der Waals surface area contributed by atoms with Crippen molar-refractivity contribution in [2.75, 3.05) is 26.4 Å². The van der Waals surface area contributed by atoms with Crippen molar-refractivity contribution in [3.8, 4) is 28.0 Å². The fourth-order valence-electron chi connectivity index (χ4n) is 10.7. The molecule has 2 fully saturated rings. The van der Waals surface area contributed by atoms with Crippen molar-refractivity contribution in [3.05, 3.63) is 99.1 Å². The number of aliphatic hydroxyl groups is 1. The van der Waals surface area contributed by atoms with Gasteiger partial charge in [0.05, 0.1) is 45.4 Å². The van der Waals surface area contributed by atoms with Gasteiger partial charge in [-0.15, -0.1) is 11.3 Å². The molecular formula is C53H65ClN6O8S. The van der Waals surface area contributed by atoms with Crippen molar-refractivity contribution < 1.29 is 38.5 Å². The van der Waals surface area contributed by atoms with Crippen LogP contribution in [0.25, 0.3) is 10.4 Å². The molecule has 14 nitrogen and oxygen atoms in total. The molecule has 4 atom stereocenters. The zero-order chi connectivity index (χ0) is 50.0. The van der Waals surface area contributed by atoms with Crippen LogP contribution in [-0.4, -0.2) is 100 Å². The van der Waals surface area contributed by atoms with Crippen LogP contribution in [0.4, 0.5) is 0 Å². The first-order chi connectivity index (χ1) is 32.6. The van der Waals surface area contributed by atoms with Gasteiger partial charge in [-0.05, 0) is 85.5 Å². The highest BCUT2D eigenvalue weighted by Crippen LogP contribution is 2.59. The molecule has 1 aromatic heterocycles. The third-order valence-corrected chi connectivity index (χ3v) is 15.1. The molecule has 368 valence electrons. The van der Waals surface area contributed by atoms with Crippen LogP contribution < -0.4 is 20.1 Å². The van der Waals surface area contributed by atoms with Gasteiger partial charge < -0.3 is 39.8 Å². The normalized spacial score (nSPS) is 21.2. The van der Waals surface area contributed by atoms with Gasteiger partial charge in [-0.1, -0.05) is 84.3 Å². The standard InChI is InChI=1S/C53H65ClN6O8S/c1-31(33-13-15-34(16-14-33)44-32(2)56-30-69-44)57-46(63)42-24-37(61)28-59(42)48(65)45(51(3,4)5)58-43(62)29-66-21-11-10-12-22-67-38-19-20-40-36(23-38)27-60(47(40)64)49-52(6,7)50(53(49,8)9)68-39-18-17-35(26-55)41(54)25-39/h13-20,23,25,30-31,37,42,45,49-50,61H,10-12,21-22,24,27-29H2,1-9H3,(H,57,63)(H,58,62)/t31-,37+,42-,45+,49-,50-/m0/s1. The van der Waals surface area contributed by atoms with Gasteiger partial charge in [0, 0.05) is 54.6 Å². The summed E-state index contributed by atoms with van der Waals surface area (Å²) in [7, 11) is 0. The topological polar surface area (TPSA) is 183 Å². The fourth-order valence-corrected chi connectivity index (χ4v) is 11.7. The molecule has 2 aliphatic heterocycles. The third kappa shape index (κ3) is 11.1. The summed E-state index contributed by atoms with van der Waals surface area (Å²) in [6, 6.07) is 18.4. The number of likely N-dealkylation sites (tertiary alicyclic amines) is 1. The van der Waals surface area contributed by atoms with Crippen molar-refractivity contribution in [1.82, 2.24) is 25.4 Å². The van der Waals surface area contributed by atoms with Gasteiger partial charge in [0.15, 0.2) is 0 Å². The number of aromatic nitrogens is 1. The maximum Gasteiger partial charge on any atom is 0.254 e. The number of nitrogens with zero attached hydrogens (tertiary/aromatic N) is 4. The van der Waals surface area contributed by atoms with Crippen LogP contribution in [0.1, 0.15) is 120 Å². The van der Waals surface area contributed by atoms with Crippen molar-refractivity contribution in [2.45, 2.75) is 131 Å². The second-order valence-electron chi connectivity index (χ2n) is 20.9. The van der Waals surface area contributed by atoms with Crippen LogP contribution >= 0.6 is 22.9 Å². The molecule has 4 aromatic rings. The maximum atomic E-state index is 14.1. The fraction of sp³-hybridized carbons (Fsp3) is 0.509. The number of aryl methyl sites for hydroxylation is 1. The summed E-state index contributed by atoms with van der Waals surface area (Å²) >= 11 is 7.86. The number of amides is 4. The number of ether oxygens (including phenoxy) is 3. The second kappa shape index (κ2) is 20.8. The molecule has 3 heterocycles. The van der Waals surface area contributed by atoms with Crippen LogP contribution in [0, 0.1) is 34.5 Å². The zero-order valence-electron chi connectivity index (χ0n) is 41.1. The van der Waals surface area contributed by atoms with Crippen molar-refractivity contribution in [3.63, 3.8) is 0 Å². The number of rotatable bonds is 18. The van der Waals surface area contributed by atoms with Crippen LogP contribution in [0.3, 0.4) is 0 Å². The van der Waals surface area contributed by atoms with Gasteiger partial charge >= 0.3 is 0 Å². The molecular weight excluding hydrogens is 916 g/mol. The Labute approximate surface area is 414 Å². The lowest BCUT2D eigenvalue weighted by Crippen LogP contribution is -2.74. The molecule has 1 aliphatic carbocycles. The predicted molar refractivity (Wildman–Crippen MR) is 265 cm³/mol. The second-order valence-corrected chi connectivity index (χ2v) is 22.2. The Hall–Kier alpha value is -5.53. The number of nitrogens with one attached hydrogen (secondary N) is 2. The minimum atomic E-state index is -0.961. The molecule has 3 aromatic carbocycles.